The van der Waals surface area contributed by atoms with E-state index in [0.717, 1.165) is 0 Å². The highest BCUT2D eigenvalue weighted by atomic mass is 16.6. The molecule has 1 heterocycles. The van der Waals surface area contributed by atoms with Crippen molar-refractivity contribution in [2.75, 3.05) is 12.4 Å². The highest BCUT2D eigenvalue weighted by Gasteiger charge is 2.18. The molecule has 16 heavy (non-hydrogen) atoms. The van der Waals surface area contributed by atoms with Crippen molar-refractivity contribution in [1.82, 2.24) is 4.98 Å². The van der Waals surface area contributed by atoms with Crippen molar-refractivity contribution in [1.29, 1.82) is 0 Å². The molecule has 0 aliphatic carbocycles. The lowest BCUT2D eigenvalue weighted by Crippen LogP contribution is -2.11. The van der Waals surface area contributed by atoms with Crippen molar-refractivity contribution in [3.8, 4) is 18.2 Å². The molecule has 0 fully saturated rings. The number of terminal acetylenes is 1. The van der Waals surface area contributed by atoms with E-state index in [-0.39, 0.29) is 11.6 Å². The van der Waals surface area contributed by atoms with Crippen LogP contribution in [0.1, 0.15) is 6.92 Å². The van der Waals surface area contributed by atoms with Crippen LogP contribution in [-0.4, -0.2) is 23.1 Å². The molecular formula is C10H11N3O3. The summed E-state index contributed by atoms with van der Waals surface area (Å²) in [6.45, 7) is 1.61. The summed E-state index contributed by atoms with van der Waals surface area (Å²) < 4.78 is 5.17. The Balaban J connectivity index is 3.11. The first-order valence-electron chi connectivity index (χ1n) is 4.54. The van der Waals surface area contributed by atoms with Gasteiger partial charge in [0.25, 0.3) is 5.88 Å². The quantitative estimate of drug-likeness (QED) is 0.472. The maximum Gasteiger partial charge on any atom is 0.331 e. The monoisotopic (exact) mass is 221 g/mol. The van der Waals surface area contributed by atoms with E-state index in [2.05, 4.69) is 16.2 Å². The fraction of sp³-hybridized carbons (Fsp3) is 0.300. The van der Waals surface area contributed by atoms with Crippen molar-refractivity contribution >= 4 is 11.5 Å². The standard InChI is InChI=1S/C10H11N3O3/c1-4-7(2)16-10-8(13(14)15)5-6-9(11-3)12-10/h1,5-7H,2-3H3,(H,11,12). The highest BCUT2D eigenvalue weighted by Crippen LogP contribution is 2.26. The SMILES string of the molecule is C#CC(C)Oc1nc(NC)ccc1[N+](=O)[O-]. The van der Waals surface area contributed by atoms with E-state index >= 15 is 0 Å². The zero-order valence-corrected chi connectivity index (χ0v) is 8.93. The predicted octanol–water partition coefficient (Wildman–Crippen LogP) is 1.43. The molecule has 0 saturated heterocycles. The minimum Gasteiger partial charge on any atom is -0.457 e. The van der Waals surface area contributed by atoms with Gasteiger partial charge in [-0.1, -0.05) is 5.92 Å². The third-order valence-electron chi connectivity index (χ3n) is 1.82. The number of pyridine rings is 1. The van der Waals surface area contributed by atoms with Gasteiger partial charge in [0.05, 0.1) is 4.92 Å². The molecule has 0 saturated carbocycles. The summed E-state index contributed by atoms with van der Waals surface area (Å²) in [5.74, 6) is 2.71. The van der Waals surface area contributed by atoms with Crippen LogP contribution in [-0.2, 0) is 0 Å². The normalized spacial score (nSPS) is 11.3. The number of hydrogen-bond acceptors (Lipinski definition) is 5. The van der Waals surface area contributed by atoms with Gasteiger partial charge in [-0.05, 0) is 13.0 Å². The fourth-order valence-electron chi connectivity index (χ4n) is 0.999. The fourth-order valence-corrected chi connectivity index (χ4v) is 0.999. The number of ether oxygens (including phenoxy) is 1. The van der Waals surface area contributed by atoms with E-state index in [9.17, 15) is 10.1 Å². The lowest BCUT2D eigenvalue weighted by molar-refractivity contribution is -0.386. The van der Waals surface area contributed by atoms with Gasteiger partial charge in [-0.15, -0.1) is 6.42 Å². The largest absolute Gasteiger partial charge is 0.457 e. The van der Waals surface area contributed by atoms with Crippen LogP contribution < -0.4 is 10.1 Å². The molecule has 0 aliphatic rings. The Labute approximate surface area is 92.8 Å². The van der Waals surface area contributed by atoms with Gasteiger partial charge >= 0.3 is 5.69 Å². The molecule has 84 valence electrons. The van der Waals surface area contributed by atoms with Crippen LogP contribution in [0.2, 0.25) is 0 Å². The van der Waals surface area contributed by atoms with Crippen LogP contribution in [0.3, 0.4) is 0 Å². The molecule has 0 aliphatic heterocycles. The average molecular weight is 221 g/mol. The van der Waals surface area contributed by atoms with Gasteiger partial charge in [0.15, 0.2) is 6.10 Å². The summed E-state index contributed by atoms with van der Waals surface area (Å²) in [4.78, 5) is 14.1. The summed E-state index contributed by atoms with van der Waals surface area (Å²) in [6, 6.07) is 2.81. The van der Waals surface area contributed by atoms with Gasteiger partial charge in [-0.2, -0.15) is 4.98 Å². The van der Waals surface area contributed by atoms with Gasteiger partial charge in [-0.3, -0.25) is 10.1 Å². The molecule has 1 aromatic rings. The van der Waals surface area contributed by atoms with E-state index in [1.165, 1.54) is 12.1 Å². The van der Waals surface area contributed by atoms with E-state index in [0.29, 0.717) is 5.82 Å². The maximum atomic E-state index is 10.7. The van der Waals surface area contributed by atoms with Crippen molar-refractivity contribution in [3.63, 3.8) is 0 Å². The van der Waals surface area contributed by atoms with E-state index in [1.807, 2.05) is 0 Å². The van der Waals surface area contributed by atoms with Crippen molar-refractivity contribution in [2.24, 2.45) is 0 Å². The van der Waals surface area contributed by atoms with E-state index in [1.54, 1.807) is 14.0 Å². The molecule has 6 nitrogen and oxygen atoms in total. The van der Waals surface area contributed by atoms with Crippen molar-refractivity contribution < 1.29 is 9.66 Å². The summed E-state index contributed by atoms with van der Waals surface area (Å²) >= 11 is 0. The Morgan fingerprint density at radius 1 is 1.69 bits per heavy atom. The predicted molar refractivity (Wildman–Crippen MR) is 59.4 cm³/mol. The molecule has 0 bridgehead atoms. The Bertz CT molecular complexity index is 439. The van der Waals surface area contributed by atoms with E-state index in [4.69, 9.17) is 11.2 Å². The molecule has 0 aromatic carbocycles. The molecule has 6 heteroatoms. The summed E-state index contributed by atoms with van der Waals surface area (Å²) in [5, 5.41) is 13.5. The molecular weight excluding hydrogens is 210 g/mol. The second kappa shape index (κ2) is 4.98. The Morgan fingerprint density at radius 2 is 2.38 bits per heavy atom. The van der Waals surface area contributed by atoms with E-state index < -0.39 is 11.0 Å². The summed E-state index contributed by atoms with van der Waals surface area (Å²) in [6.07, 6.45) is 4.56. The van der Waals surface area contributed by atoms with Crippen LogP contribution in [0.15, 0.2) is 12.1 Å². The Hall–Kier alpha value is -2.29. The van der Waals surface area contributed by atoms with Crippen molar-refractivity contribution in [2.45, 2.75) is 13.0 Å². The first-order chi connectivity index (χ1) is 7.58. The number of hydrogen-bond donors (Lipinski definition) is 1. The molecule has 1 rings (SSSR count). The maximum absolute atomic E-state index is 10.7. The zero-order valence-electron chi connectivity index (χ0n) is 8.93. The molecule has 1 unspecified atom stereocenters. The lowest BCUT2D eigenvalue weighted by Gasteiger charge is -2.09. The minimum atomic E-state index is -0.571. The molecule has 1 aromatic heterocycles. The molecule has 1 atom stereocenters. The number of anilines is 1. The van der Waals surface area contributed by atoms with Crippen LogP contribution in [0.5, 0.6) is 5.88 Å². The smallest absolute Gasteiger partial charge is 0.331 e. The molecule has 0 spiro atoms. The van der Waals surface area contributed by atoms with Crippen LogP contribution in [0, 0.1) is 22.5 Å². The average Bonchev–Trinajstić information content (AvgIpc) is 2.28. The van der Waals surface area contributed by atoms with Crippen LogP contribution in [0.4, 0.5) is 11.5 Å². The number of nitrogens with zero attached hydrogens (tertiary/aromatic N) is 2. The summed E-state index contributed by atoms with van der Waals surface area (Å²) in [7, 11) is 1.66. The minimum absolute atomic E-state index is 0.0812. The first-order valence-corrected chi connectivity index (χ1v) is 4.54. The number of aromatic nitrogens is 1. The van der Waals surface area contributed by atoms with Crippen molar-refractivity contribution in [3.05, 3.63) is 22.2 Å². The molecule has 0 amide bonds. The van der Waals surface area contributed by atoms with Gasteiger partial charge < -0.3 is 10.1 Å². The Kier molecular flexibility index (Phi) is 3.67. The second-order valence-electron chi connectivity index (χ2n) is 2.95. The third-order valence-corrected chi connectivity index (χ3v) is 1.82. The topological polar surface area (TPSA) is 77.3 Å². The van der Waals surface area contributed by atoms with Gasteiger partial charge in [-0.25, -0.2) is 0 Å². The Morgan fingerprint density at radius 3 is 2.88 bits per heavy atom. The van der Waals surface area contributed by atoms with Gasteiger partial charge in [0.1, 0.15) is 5.82 Å². The first kappa shape index (κ1) is 11.8. The zero-order chi connectivity index (χ0) is 12.1. The second-order valence-corrected chi connectivity index (χ2v) is 2.95. The number of nitro groups is 1. The number of nitrogens with one attached hydrogen (secondary N) is 1. The van der Waals surface area contributed by atoms with Crippen LogP contribution in [0.25, 0.3) is 0 Å². The molecule has 1 N–H and O–H groups in total. The summed E-state index contributed by atoms with van der Waals surface area (Å²) in [5.41, 5.74) is -0.207. The van der Waals surface area contributed by atoms with Gasteiger partial charge in [0.2, 0.25) is 0 Å². The third kappa shape index (κ3) is 2.60. The number of rotatable bonds is 4. The molecule has 0 radical (unpaired) electrons. The lowest BCUT2D eigenvalue weighted by atomic mass is 10.4. The van der Waals surface area contributed by atoms with Crippen LogP contribution >= 0.6 is 0 Å². The highest BCUT2D eigenvalue weighted by molar-refractivity contribution is 5.49. The van der Waals surface area contributed by atoms with Gasteiger partial charge in [0, 0.05) is 13.1 Å².